The maximum absolute atomic E-state index is 14.3. The number of nitrogens with zero attached hydrogens (tertiary/aromatic N) is 1. The van der Waals surface area contributed by atoms with E-state index in [0.29, 0.717) is 17.9 Å². The molecular formula is C19H21FN2O5S. The molecule has 0 unspecified atom stereocenters. The Hall–Kier alpha value is -2.49. The second-order valence-electron chi connectivity index (χ2n) is 6.08. The zero-order chi connectivity index (χ0) is 20.1. The molecular weight excluding hydrogens is 387 g/mol. The van der Waals surface area contributed by atoms with E-state index in [2.05, 4.69) is 5.32 Å². The van der Waals surface area contributed by atoms with Gasteiger partial charge in [-0.05, 0) is 43.3 Å². The zero-order valence-corrected chi connectivity index (χ0v) is 16.2. The summed E-state index contributed by atoms with van der Waals surface area (Å²) in [6, 6.07) is 10.1. The van der Waals surface area contributed by atoms with Gasteiger partial charge in [-0.3, -0.25) is 4.79 Å². The van der Waals surface area contributed by atoms with Crippen LogP contribution in [0.3, 0.4) is 0 Å². The second-order valence-corrected chi connectivity index (χ2v) is 7.98. The molecule has 1 amide bonds. The number of halogens is 1. The zero-order valence-electron chi connectivity index (χ0n) is 15.4. The van der Waals surface area contributed by atoms with Gasteiger partial charge in [-0.2, -0.15) is 4.31 Å². The molecule has 2 aromatic rings. The Morgan fingerprint density at radius 2 is 1.96 bits per heavy atom. The van der Waals surface area contributed by atoms with E-state index in [9.17, 15) is 17.6 Å². The van der Waals surface area contributed by atoms with Gasteiger partial charge < -0.3 is 14.8 Å². The van der Waals surface area contributed by atoms with E-state index in [4.69, 9.17) is 9.47 Å². The first-order valence-electron chi connectivity index (χ1n) is 8.83. The summed E-state index contributed by atoms with van der Waals surface area (Å²) in [6.45, 7) is 3.12. The molecule has 1 heterocycles. The Morgan fingerprint density at radius 1 is 1.21 bits per heavy atom. The molecule has 0 aromatic heterocycles. The fourth-order valence-electron chi connectivity index (χ4n) is 2.80. The molecule has 0 radical (unpaired) electrons. The highest BCUT2D eigenvalue weighted by atomic mass is 32.2. The maximum atomic E-state index is 14.3. The normalized spacial score (nSPS) is 15.2. The third-order valence-corrected chi connectivity index (χ3v) is 6.10. The Labute approximate surface area is 163 Å². The van der Waals surface area contributed by atoms with Crippen molar-refractivity contribution in [2.45, 2.75) is 11.8 Å². The minimum atomic E-state index is -4.02. The quantitative estimate of drug-likeness (QED) is 0.794. The van der Waals surface area contributed by atoms with Crippen LogP contribution < -0.4 is 10.1 Å². The lowest BCUT2D eigenvalue weighted by Gasteiger charge is -2.26. The van der Waals surface area contributed by atoms with E-state index in [1.54, 1.807) is 24.3 Å². The first kappa shape index (κ1) is 20.2. The van der Waals surface area contributed by atoms with Crippen molar-refractivity contribution < 1.29 is 27.1 Å². The molecule has 1 fully saturated rings. The fourth-order valence-corrected chi connectivity index (χ4v) is 4.30. The molecule has 1 aliphatic heterocycles. The molecule has 0 saturated carbocycles. The van der Waals surface area contributed by atoms with Crippen molar-refractivity contribution >= 4 is 21.6 Å². The SMILES string of the molecule is CCOc1cccc(C(=O)Nc2ccc(F)c(S(=O)(=O)N3CCOCC3)c2)c1. The molecule has 0 bridgehead atoms. The van der Waals surface area contributed by atoms with E-state index in [1.807, 2.05) is 6.92 Å². The Morgan fingerprint density at radius 3 is 2.68 bits per heavy atom. The number of carbonyl (C=O) groups excluding carboxylic acids is 1. The number of morpholine rings is 1. The number of benzene rings is 2. The van der Waals surface area contributed by atoms with Crippen LogP contribution in [0.25, 0.3) is 0 Å². The van der Waals surface area contributed by atoms with Crippen molar-refractivity contribution in [2.75, 3.05) is 38.2 Å². The predicted octanol–water partition coefficient (Wildman–Crippen LogP) is 2.50. The van der Waals surface area contributed by atoms with Crippen LogP contribution in [0.5, 0.6) is 5.75 Å². The van der Waals surface area contributed by atoms with E-state index in [1.165, 1.54) is 10.4 Å². The number of hydrogen-bond acceptors (Lipinski definition) is 5. The van der Waals surface area contributed by atoms with Crippen LogP contribution in [0.15, 0.2) is 47.4 Å². The third kappa shape index (κ3) is 4.49. The summed E-state index contributed by atoms with van der Waals surface area (Å²) < 4.78 is 51.4. The number of rotatable bonds is 6. The molecule has 7 nitrogen and oxygen atoms in total. The van der Waals surface area contributed by atoms with Gasteiger partial charge in [0.15, 0.2) is 0 Å². The summed E-state index contributed by atoms with van der Waals surface area (Å²) in [5.41, 5.74) is 0.521. The van der Waals surface area contributed by atoms with Gasteiger partial charge in [0.25, 0.3) is 5.91 Å². The van der Waals surface area contributed by atoms with Crippen LogP contribution in [-0.2, 0) is 14.8 Å². The summed E-state index contributed by atoms with van der Waals surface area (Å²) in [6.07, 6.45) is 0. The highest BCUT2D eigenvalue weighted by Gasteiger charge is 2.29. The molecule has 1 saturated heterocycles. The van der Waals surface area contributed by atoms with E-state index in [-0.39, 0.29) is 32.0 Å². The van der Waals surface area contributed by atoms with Crippen molar-refractivity contribution in [2.24, 2.45) is 0 Å². The average Bonchev–Trinajstić information content (AvgIpc) is 2.70. The molecule has 0 spiro atoms. The molecule has 2 aromatic carbocycles. The maximum Gasteiger partial charge on any atom is 0.255 e. The molecule has 1 aliphatic rings. The van der Waals surface area contributed by atoms with Crippen LogP contribution in [0.2, 0.25) is 0 Å². The number of amides is 1. The number of hydrogen-bond donors (Lipinski definition) is 1. The Bertz CT molecular complexity index is 959. The van der Waals surface area contributed by atoms with Gasteiger partial charge in [-0.15, -0.1) is 0 Å². The number of sulfonamides is 1. The monoisotopic (exact) mass is 408 g/mol. The molecule has 28 heavy (non-hydrogen) atoms. The largest absolute Gasteiger partial charge is 0.494 e. The van der Waals surface area contributed by atoms with E-state index >= 15 is 0 Å². The van der Waals surface area contributed by atoms with Gasteiger partial charge in [0.05, 0.1) is 19.8 Å². The minimum absolute atomic E-state index is 0.155. The second kappa shape index (κ2) is 8.68. The molecule has 0 atom stereocenters. The smallest absolute Gasteiger partial charge is 0.255 e. The number of nitrogens with one attached hydrogen (secondary N) is 1. The van der Waals surface area contributed by atoms with Gasteiger partial charge in [0.1, 0.15) is 16.5 Å². The lowest BCUT2D eigenvalue weighted by atomic mass is 10.2. The van der Waals surface area contributed by atoms with Crippen molar-refractivity contribution in [3.63, 3.8) is 0 Å². The number of anilines is 1. The summed E-state index contributed by atoms with van der Waals surface area (Å²) >= 11 is 0. The van der Waals surface area contributed by atoms with E-state index < -0.39 is 26.6 Å². The Kier molecular flexibility index (Phi) is 6.28. The van der Waals surface area contributed by atoms with Gasteiger partial charge in [-0.1, -0.05) is 6.07 Å². The lowest BCUT2D eigenvalue weighted by molar-refractivity contribution is 0.0729. The summed E-state index contributed by atoms with van der Waals surface area (Å²) in [7, 11) is -4.02. The highest BCUT2D eigenvalue weighted by Crippen LogP contribution is 2.24. The van der Waals surface area contributed by atoms with Crippen molar-refractivity contribution in [3.8, 4) is 5.75 Å². The average molecular weight is 408 g/mol. The third-order valence-electron chi connectivity index (χ3n) is 4.18. The summed E-state index contributed by atoms with van der Waals surface area (Å²) in [5.74, 6) is -0.782. The van der Waals surface area contributed by atoms with Crippen LogP contribution in [0, 0.1) is 5.82 Å². The standard InChI is InChI=1S/C19H21FN2O5S/c1-2-27-16-5-3-4-14(12-16)19(23)21-15-6-7-17(20)18(13-15)28(24,25)22-8-10-26-11-9-22/h3-7,12-13H,2,8-11H2,1H3,(H,21,23). The lowest BCUT2D eigenvalue weighted by Crippen LogP contribution is -2.40. The van der Waals surface area contributed by atoms with Crippen LogP contribution in [0.1, 0.15) is 17.3 Å². The van der Waals surface area contributed by atoms with Crippen LogP contribution in [-0.4, -0.2) is 51.5 Å². The molecule has 3 rings (SSSR count). The van der Waals surface area contributed by atoms with Crippen molar-refractivity contribution in [1.82, 2.24) is 4.31 Å². The summed E-state index contributed by atoms with van der Waals surface area (Å²) in [4.78, 5) is 12.0. The Balaban J connectivity index is 1.83. The number of carbonyl (C=O) groups is 1. The van der Waals surface area contributed by atoms with E-state index in [0.717, 1.165) is 12.1 Å². The predicted molar refractivity (Wildman–Crippen MR) is 102 cm³/mol. The minimum Gasteiger partial charge on any atom is -0.494 e. The molecule has 150 valence electrons. The molecule has 0 aliphatic carbocycles. The topological polar surface area (TPSA) is 84.9 Å². The first-order chi connectivity index (χ1) is 13.4. The first-order valence-corrected chi connectivity index (χ1v) is 10.3. The molecule has 1 N–H and O–H groups in total. The molecule has 9 heteroatoms. The van der Waals surface area contributed by atoms with Crippen LogP contribution in [0.4, 0.5) is 10.1 Å². The van der Waals surface area contributed by atoms with Gasteiger partial charge in [-0.25, -0.2) is 12.8 Å². The van der Waals surface area contributed by atoms with Crippen molar-refractivity contribution in [1.29, 1.82) is 0 Å². The van der Waals surface area contributed by atoms with Gasteiger partial charge in [0.2, 0.25) is 10.0 Å². The van der Waals surface area contributed by atoms with Gasteiger partial charge >= 0.3 is 0 Å². The van der Waals surface area contributed by atoms with Crippen molar-refractivity contribution in [3.05, 3.63) is 53.8 Å². The number of ether oxygens (including phenoxy) is 2. The van der Waals surface area contributed by atoms with Gasteiger partial charge in [0, 0.05) is 24.3 Å². The van der Waals surface area contributed by atoms with Crippen LogP contribution >= 0.6 is 0 Å². The fraction of sp³-hybridized carbons (Fsp3) is 0.316. The highest BCUT2D eigenvalue weighted by molar-refractivity contribution is 7.89. The summed E-state index contributed by atoms with van der Waals surface area (Å²) in [5, 5.41) is 2.60.